The summed E-state index contributed by atoms with van der Waals surface area (Å²) in [6, 6.07) is 8.21. The van der Waals surface area contributed by atoms with E-state index >= 15 is 0 Å². The van der Waals surface area contributed by atoms with Crippen molar-refractivity contribution in [1.29, 1.82) is 0 Å². The Balaban J connectivity index is 1.91. The fraction of sp³-hybridized carbons (Fsp3) is 0.364. The van der Waals surface area contributed by atoms with Crippen LogP contribution in [0, 0.1) is 19.8 Å². The van der Waals surface area contributed by atoms with E-state index in [-0.39, 0.29) is 19.1 Å². The summed E-state index contributed by atoms with van der Waals surface area (Å²) >= 11 is 0. The number of carbonyl (C=O) groups excluding carboxylic acids is 2. The Labute approximate surface area is 235 Å². The standard InChI is InChI=1S/C33H38N2O5/c1-8-34-27-17-29-25(15-21(27)6)31(26-16-22(7)28(35-9-2)18-30(26)40-29)23-11-10-20(5)14-24(23)33(37)39-13-12-38-32(36)19(3)4/h10-11,15-18,20,34H,3,8-9,12-14H2,1-2,4-7H3/b35-28+. The van der Waals surface area contributed by atoms with Crippen molar-refractivity contribution in [3.63, 3.8) is 0 Å². The van der Waals surface area contributed by atoms with E-state index in [1.54, 1.807) is 6.92 Å². The molecule has 7 nitrogen and oxygen atoms in total. The van der Waals surface area contributed by atoms with Gasteiger partial charge in [0.15, 0.2) is 0 Å². The van der Waals surface area contributed by atoms with E-state index in [9.17, 15) is 9.59 Å². The Morgan fingerprint density at radius 3 is 2.55 bits per heavy atom. The fourth-order valence-electron chi connectivity index (χ4n) is 4.97. The van der Waals surface area contributed by atoms with E-state index in [1.807, 2.05) is 32.1 Å². The number of anilines is 1. The molecule has 0 saturated heterocycles. The topological polar surface area (TPSA) is 90.1 Å². The predicted octanol–water partition coefficient (Wildman–Crippen LogP) is 6.52. The number of nitrogens with zero attached hydrogens (tertiary/aromatic N) is 1. The second-order valence-corrected chi connectivity index (χ2v) is 10.3. The molecule has 0 bridgehead atoms. The molecule has 3 aliphatic rings. The van der Waals surface area contributed by atoms with Gasteiger partial charge < -0.3 is 19.2 Å². The molecule has 210 valence electrons. The molecule has 2 aliphatic carbocycles. The first-order chi connectivity index (χ1) is 19.1. The van der Waals surface area contributed by atoms with E-state index < -0.39 is 11.9 Å². The van der Waals surface area contributed by atoms with Crippen molar-refractivity contribution in [2.24, 2.45) is 10.9 Å². The van der Waals surface area contributed by atoms with Crippen molar-refractivity contribution in [1.82, 2.24) is 0 Å². The third-order valence-electron chi connectivity index (χ3n) is 6.94. The van der Waals surface area contributed by atoms with Crippen molar-refractivity contribution in [3.05, 3.63) is 76.2 Å². The summed E-state index contributed by atoms with van der Waals surface area (Å²) in [6.45, 7) is 16.8. The summed E-state index contributed by atoms with van der Waals surface area (Å²) in [7, 11) is 0. The minimum absolute atomic E-state index is 0.0309. The molecule has 4 rings (SSSR count). The van der Waals surface area contributed by atoms with Gasteiger partial charge in [0.05, 0.1) is 5.36 Å². The van der Waals surface area contributed by atoms with Gasteiger partial charge in [-0.2, -0.15) is 0 Å². The maximum absolute atomic E-state index is 13.5. The number of aryl methyl sites for hydroxylation is 2. The molecule has 1 aromatic rings. The SMILES string of the molecule is C=C(C)C(=O)OCCOC(=O)C1=C(c2c3cc(C)/c(=N/CC)cc-3oc3cc(NCC)c(C)cc23)C=CC(C)C1. The number of hydrogen-bond donors (Lipinski definition) is 1. The van der Waals surface area contributed by atoms with Crippen molar-refractivity contribution < 1.29 is 23.5 Å². The lowest BCUT2D eigenvalue weighted by Crippen LogP contribution is -2.18. The van der Waals surface area contributed by atoms with Gasteiger partial charge in [-0.15, -0.1) is 0 Å². The van der Waals surface area contributed by atoms with Crippen LogP contribution >= 0.6 is 0 Å². The molecule has 7 heteroatoms. The van der Waals surface area contributed by atoms with E-state index in [4.69, 9.17) is 13.9 Å². The van der Waals surface area contributed by atoms with Crippen LogP contribution in [0.25, 0.3) is 27.9 Å². The van der Waals surface area contributed by atoms with Crippen LogP contribution in [0.3, 0.4) is 0 Å². The molecular weight excluding hydrogens is 504 g/mol. The normalized spacial score (nSPS) is 15.6. The highest BCUT2D eigenvalue weighted by Crippen LogP contribution is 2.43. The molecule has 1 N–H and O–H groups in total. The van der Waals surface area contributed by atoms with Crippen LogP contribution in [0.5, 0.6) is 0 Å². The number of allylic oxidation sites excluding steroid dienone is 3. The summed E-state index contributed by atoms with van der Waals surface area (Å²) in [6.07, 6.45) is 4.67. The molecule has 0 spiro atoms. The molecule has 1 aromatic carbocycles. The lowest BCUT2D eigenvalue weighted by atomic mass is 9.83. The molecule has 1 unspecified atom stereocenters. The first kappa shape index (κ1) is 28.9. The van der Waals surface area contributed by atoms with Gasteiger partial charge in [-0.25, -0.2) is 9.59 Å². The fourth-order valence-corrected chi connectivity index (χ4v) is 4.97. The van der Waals surface area contributed by atoms with E-state index in [1.165, 1.54) is 0 Å². The van der Waals surface area contributed by atoms with Gasteiger partial charge in [0.1, 0.15) is 24.6 Å². The van der Waals surface area contributed by atoms with E-state index in [2.05, 4.69) is 55.9 Å². The van der Waals surface area contributed by atoms with Gasteiger partial charge in [0.25, 0.3) is 0 Å². The molecule has 1 aliphatic heterocycles. The number of ether oxygens (including phenoxy) is 2. The van der Waals surface area contributed by atoms with Crippen molar-refractivity contribution in [2.75, 3.05) is 31.6 Å². The number of rotatable bonds is 9. The Bertz CT molecular complexity index is 1570. The van der Waals surface area contributed by atoms with Crippen LogP contribution in [-0.4, -0.2) is 38.2 Å². The summed E-state index contributed by atoms with van der Waals surface area (Å²) < 4.78 is 17.2. The number of fused-ring (bicyclic) bond motifs is 2. The minimum atomic E-state index is -0.506. The van der Waals surface area contributed by atoms with Crippen molar-refractivity contribution in [2.45, 2.75) is 48.0 Å². The third kappa shape index (κ3) is 6.03. The highest BCUT2D eigenvalue weighted by molar-refractivity contribution is 6.09. The Hall–Kier alpha value is -4.13. The van der Waals surface area contributed by atoms with Gasteiger partial charge in [0, 0.05) is 58.6 Å². The molecule has 1 heterocycles. The number of nitrogens with one attached hydrogen (secondary N) is 1. The van der Waals surface area contributed by atoms with Crippen LogP contribution in [0.4, 0.5) is 5.69 Å². The zero-order valence-corrected chi connectivity index (χ0v) is 24.3. The Kier molecular flexibility index (Phi) is 8.93. The zero-order chi connectivity index (χ0) is 29.0. The molecule has 0 amide bonds. The number of esters is 2. The summed E-state index contributed by atoms with van der Waals surface area (Å²) in [5.41, 5.74) is 7.36. The lowest BCUT2D eigenvalue weighted by molar-refractivity contribution is -0.147. The average Bonchev–Trinajstić information content (AvgIpc) is 2.91. The molecule has 1 atom stereocenters. The van der Waals surface area contributed by atoms with Crippen LogP contribution < -0.4 is 10.7 Å². The zero-order valence-electron chi connectivity index (χ0n) is 24.3. The van der Waals surface area contributed by atoms with Gasteiger partial charge in [-0.1, -0.05) is 25.7 Å². The molecule has 0 radical (unpaired) electrons. The highest BCUT2D eigenvalue weighted by atomic mass is 16.6. The molecule has 40 heavy (non-hydrogen) atoms. The number of hydrogen-bond acceptors (Lipinski definition) is 7. The first-order valence-electron chi connectivity index (χ1n) is 13.8. The highest BCUT2D eigenvalue weighted by Gasteiger charge is 2.27. The molecule has 0 fully saturated rings. The van der Waals surface area contributed by atoms with Crippen LogP contribution in [0.2, 0.25) is 0 Å². The third-order valence-corrected chi connectivity index (χ3v) is 6.94. The molecular formula is C33H38N2O5. The molecule has 0 aromatic heterocycles. The number of carbonyl (C=O) groups is 2. The Morgan fingerprint density at radius 1 is 1.10 bits per heavy atom. The number of benzene rings is 2. The largest absolute Gasteiger partial charge is 0.459 e. The van der Waals surface area contributed by atoms with Crippen LogP contribution in [-0.2, 0) is 19.1 Å². The van der Waals surface area contributed by atoms with E-state index in [0.717, 1.165) is 50.8 Å². The maximum Gasteiger partial charge on any atom is 0.334 e. The summed E-state index contributed by atoms with van der Waals surface area (Å²) in [4.78, 5) is 29.8. The van der Waals surface area contributed by atoms with Crippen LogP contribution in [0.15, 0.2) is 63.6 Å². The van der Waals surface area contributed by atoms with E-state index in [0.29, 0.717) is 35.5 Å². The van der Waals surface area contributed by atoms with Gasteiger partial charge >= 0.3 is 11.9 Å². The Morgan fingerprint density at radius 2 is 1.85 bits per heavy atom. The first-order valence-corrected chi connectivity index (χ1v) is 13.8. The lowest BCUT2D eigenvalue weighted by Gasteiger charge is -2.24. The maximum atomic E-state index is 13.5. The van der Waals surface area contributed by atoms with Crippen LogP contribution in [0.1, 0.15) is 50.8 Å². The summed E-state index contributed by atoms with van der Waals surface area (Å²) in [5, 5.41) is 5.21. The van der Waals surface area contributed by atoms with Crippen molar-refractivity contribution in [3.8, 4) is 11.3 Å². The van der Waals surface area contributed by atoms with Gasteiger partial charge in [0.2, 0.25) is 0 Å². The monoisotopic (exact) mass is 542 g/mol. The van der Waals surface area contributed by atoms with Gasteiger partial charge in [-0.3, -0.25) is 4.99 Å². The smallest absolute Gasteiger partial charge is 0.334 e. The predicted molar refractivity (Wildman–Crippen MR) is 159 cm³/mol. The minimum Gasteiger partial charge on any atom is -0.459 e. The second-order valence-electron chi connectivity index (χ2n) is 10.3. The second kappa shape index (κ2) is 12.4. The van der Waals surface area contributed by atoms with Crippen molar-refractivity contribution >= 4 is 34.2 Å². The average molecular weight is 543 g/mol. The summed E-state index contributed by atoms with van der Waals surface area (Å²) in [5.74, 6) is -0.0641. The van der Waals surface area contributed by atoms with Gasteiger partial charge in [-0.05, 0) is 75.8 Å². The molecule has 0 saturated carbocycles. The quantitative estimate of drug-likeness (QED) is 0.143.